The van der Waals surface area contributed by atoms with E-state index >= 15 is 0 Å². The molecule has 41 heavy (non-hydrogen) atoms. The maximum Gasteiger partial charge on any atom is 0.331 e. The van der Waals surface area contributed by atoms with E-state index in [0.717, 1.165) is 44.1 Å². The molecule has 4 fully saturated rings. The predicted octanol–water partition coefficient (Wildman–Crippen LogP) is 1.71. The van der Waals surface area contributed by atoms with Crippen molar-refractivity contribution in [1.82, 2.24) is 5.32 Å². The van der Waals surface area contributed by atoms with Crippen LogP contribution in [0.25, 0.3) is 0 Å². The molecule has 5 rings (SSSR count). The van der Waals surface area contributed by atoms with Crippen LogP contribution in [0.4, 0.5) is 0 Å². The van der Waals surface area contributed by atoms with Gasteiger partial charge in [-0.2, -0.15) is 0 Å². The van der Waals surface area contributed by atoms with E-state index in [9.17, 15) is 19.8 Å². The number of fused-ring (bicyclic) bond motifs is 5. The number of carbonyl (C=O) groups is 2. The number of aliphatic hydroxyl groups is 2. The Balaban J connectivity index is 1.13. The van der Waals surface area contributed by atoms with Gasteiger partial charge in [-0.25, -0.2) is 4.79 Å². The molecule has 0 aromatic carbocycles. The Bertz CT molecular complexity index is 991. The Kier molecular flexibility index (Phi) is 9.48. The summed E-state index contributed by atoms with van der Waals surface area (Å²) in [5.41, 5.74) is 4.66. The van der Waals surface area contributed by atoms with E-state index in [1.807, 2.05) is 6.92 Å². The fourth-order valence-electron chi connectivity index (χ4n) is 9.41. The summed E-state index contributed by atoms with van der Waals surface area (Å²) in [5.74, 6) is 0.286. The molecule has 0 saturated heterocycles. The highest BCUT2D eigenvalue weighted by molar-refractivity contribution is 5.85. The van der Waals surface area contributed by atoms with E-state index in [4.69, 9.17) is 24.7 Å². The highest BCUT2D eigenvalue weighted by Gasteiger charge is 2.70. The Morgan fingerprint density at radius 1 is 1.07 bits per heavy atom. The summed E-state index contributed by atoms with van der Waals surface area (Å²) in [6, 6.07) is 0. The number of carbonyl (C=O) groups excluding carboxylic acids is 2. The van der Waals surface area contributed by atoms with Crippen molar-refractivity contribution >= 4 is 11.9 Å². The van der Waals surface area contributed by atoms with E-state index in [-0.39, 0.29) is 54.4 Å². The first-order valence-corrected chi connectivity index (χ1v) is 15.6. The number of esters is 1. The van der Waals surface area contributed by atoms with Crippen LogP contribution < -0.4 is 11.1 Å². The Labute approximate surface area is 243 Å². The van der Waals surface area contributed by atoms with Crippen LogP contribution in [0, 0.1) is 34.5 Å². The van der Waals surface area contributed by atoms with Crippen molar-refractivity contribution in [2.45, 2.75) is 83.0 Å². The molecule has 10 nitrogen and oxygen atoms in total. The molecule has 5 aliphatic rings. The third kappa shape index (κ3) is 5.72. The Morgan fingerprint density at radius 3 is 2.59 bits per heavy atom. The monoisotopic (exact) mass is 578 g/mol. The standard InChI is InChI=1S/C31H50N2O8/c1-29-7-5-22(40-19-27(35)33-10-12-39-14-13-38-11-9-32)16-21(29)3-4-24-25(29)17-26(34)30(2)23(6-8-31(24,30)37)20-15-28(36)41-18-20/h15,21-26,34,37H,3-14,16-19,32H2,1-2H3,(H,33,35). The molecule has 9 unspecified atom stereocenters. The van der Waals surface area contributed by atoms with Crippen LogP contribution in [0.2, 0.25) is 0 Å². The quantitative estimate of drug-likeness (QED) is 0.201. The first-order valence-electron chi connectivity index (χ1n) is 15.6. The van der Waals surface area contributed by atoms with E-state index < -0.39 is 17.1 Å². The van der Waals surface area contributed by atoms with Crippen LogP contribution in [-0.2, 0) is 28.5 Å². The van der Waals surface area contributed by atoms with Gasteiger partial charge in [-0.3, -0.25) is 4.79 Å². The molecular formula is C31H50N2O8. The number of nitrogens with one attached hydrogen (secondary N) is 1. The van der Waals surface area contributed by atoms with Gasteiger partial charge in [0.15, 0.2) is 0 Å². The van der Waals surface area contributed by atoms with Crippen molar-refractivity contribution in [3.8, 4) is 0 Å². The number of hydrogen-bond acceptors (Lipinski definition) is 9. The number of nitrogens with two attached hydrogens (primary N) is 1. The molecule has 1 amide bonds. The van der Waals surface area contributed by atoms with Crippen molar-refractivity contribution in [2.24, 2.45) is 40.2 Å². The third-order valence-corrected chi connectivity index (χ3v) is 11.7. The number of hydrogen-bond donors (Lipinski definition) is 4. The summed E-state index contributed by atoms with van der Waals surface area (Å²) in [5, 5.41) is 26.9. The first-order chi connectivity index (χ1) is 19.6. The third-order valence-electron chi connectivity index (χ3n) is 11.7. The maximum absolute atomic E-state index is 12.4. The van der Waals surface area contributed by atoms with E-state index in [0.29, 0.717) is 58.3 Å². The summed E-state index contributed by atoms with van der Waals surface area (Å²) >= 11 is 0. The Morgan fingerprint density at radius 2 is 1.85 bits per heavy atom. The second kappa shape index (κ2) is 12.6. The molecule has 9 atom stereocenters. The average Bonchev–Trinajstić information content (AvgIpc) is 3.50. The number of amides is 1. The largest absolute Gasteiger partial charge is 0.458 e. The van der Waals surface area contributed by atoms with Crippen molar-refractivity contribution in [3.63, 3.8) is 0 Å². The lowest BCUT2D eigenvalue weighted by molar-refractivity contribution is -0.245. The van der Waals surface area contributed by atoms with Crippen LogP contribution >= 0.6 is 0 Å². The zero-order chi connectivity index (χ0) is 29.3. The van der Waals surface area contributed by atoms with E-state index in [2.05, 4.69) is 12.2 Å². The van der Waals surface area contributed by atoms with Gasteiger partial charge in [-0.1, -0.05) is 13.8 Å². The molecule has 10 heteroatoms. The fraction of sp³-hybridized carbons (Fsp3) is 0.871. The van der Waals surface area contributed by atoms with Crippen LogP contribution in [0.3, 0.4) is 0 Å². The molecule has 0 aromatic heterocycles. The minimum atomic E-state index is -0.965. The minimum Gasteiger partial charge on any atom is -0.458 e. The molecule has 4 saturated carbocycles. The molecule has 0 radical (unpaired) electrons. The molecule has 0 aromatic rings. The Hall–Kier alpha value is -1.56. The lowest BCUT2D eigenvalue weighted by atomic mass is 9.42. The van der Waals surface area contributed by atoms with E-state index in [1.54, 1.807) is 6.08 Å². The molecule has 5 N–H and O–H groups in total. The van der Waals surface area contributed by atoms with Crippen LogP contribution in [-0.4, -0.2) is 92.6 Å². The van der Waals surface area contributed by atoms with Crippen molar-refractivity contribution in [3.05, 3.63) is 11.6 Å². The lowest BCUT2D eigenvalue weighted by Crippen LogP contribution is -2.67. The molecule has 1 heterocycles. The number of ether oxygens (including phenoxy) is 4. The average molecular weight is 579 g/mol. The van der Waals surface area contributed by atoms with Gasteiger partial charge in [0.1, 0.15) is 13.2 Å². The maximum atomic E-state index is 12.4. The molecule has 0 bridgehead atoms. The highest BCUT2D eigenvalue weighted by atomic mass is 16.5. The summed E-state index contributed by atoms with van der Waals surface area (Å²) in [6.07, 6.45) is 7.73. The zero-order valence-corrected chi connectivity index (χ0v) is 24.8. The summed E-state index contributed by atoms with van der Waals surface area (Å²) in [7, 11) is 0. The molecule has 4 aliphatic carbocycles. The first kappa shape index (κ1) is 30.9. The van der Waals surface area contributed by atoms with Crippen molar-refractivity contribution < 1.29 is 38.7 Å². The lowest BCUT2D eigenvalue weighted by Gasteiger charge is -2.65. The zero-order valence-electron chi connectivity index (χ0n) is 24.8. The SMILES string of the molecule is CC12CCC(OCC(=O)NCCOCCOCCN)CC1CCC1C2CC(O)C2(C)C(C3=CC(=O)OC3)CCC12O. The van der Waals surface area contributed by atoms with Gasteiger partial charge in [0.25, 0.3) is 0 Å². The van der Waals surface area contributed by atoms with Crippen LogP contribution in [0.5, 0.6) is 0 Å². The number of rotatable bonds is 12. The van der Waals surface area contributed by atoms with E-state index in [1.165, 1.54) is 0 Å². The minimum absolute atomic E-state index is 0.0120. The highest BCUT2D eigenvalue weighted by Crippen LogP contribution is 2.70. The summed E-state index contributed by atoms with van der Waals surface area (Å²) in [4.78, 5) is 24.1. The second-order valence-electron chi connectivity index (χ2n) is 13.4. The van der Waals surface area contributed by atoms with Crippen molar-refractivity contribution in [2.75, 3.05) is 52.7 Å². The van der Waals surface area contributed by atoms with Crippen LogP contribution in [0.1, 0.15) is 65.2 Å². The fourth-order valence-corrected chi connectivity index (χ4v) is 9.41. The number of aliphatic hydroxyl groups excluding tert-OH is 1. The topological polar surface area (TPSA) is 150 Å². The second-order valence-corrected chi connectivity index (χ2v) is 13.4. The summed E-state index contributed by atoms with van der Waals surface area (Å²) < 4.78 is 22.0. The van der Waals surface area contributed by atoms with Crippen LogP contribution in [0.15, 0.2) is 11.6 Å². The van der Waals surface area contributed by atoms with Gasteiger partial charge in [0.2, 0.25) is 5.91 Å². The summed E-state index contributed by atoms with van der Waals surface area (Å²) in [6.45, 7) is 7.54. The molecule has 1 aliphatic heterocycles. The smallest absolute Gasteiger partial charge is 0.331 e. The van der Waals surface area contributed by atoms with Gasteiger partial charge in [-0.05, 0) is 86.0 Å². The van der Waals surface area contributed by atoms with Crippen molar-refractivity contribution in [1.29, 1.82) is 0 Å². The molecule has 0 spiro atoms. The van der Waals surface area contributed by atoms with Gasteiger partial charge in [-0.15, -0.1) is 0 Å². The molecule has 232 valence electrons. The normalized spacial score (nSPS) is 41.7. The molecular weight excluding hydrogens is 528 g/mol. The van der Waals surface area contributed by atoms with Gasteiger partial charge in [0, 0.05) is 24.6 Å². The van der Waals surface area contributed by atoms with Gasteiger partial charge in [0.05, 0.1) is 44.2 Å². The van der Waals surface area contributed by atoms with Gasteiger partial charge >= 0.3 is 5.97 Å². The predicted molar refractivity (Wildman–Crippen MR) is 151 cm³/mol. The number of cyclic esters (lactones) is 1. The van der Waals surface area contributed by atoms with Gasteiger partial charge < -0.3 is 40.2 Å².